The summed E-state index contributed by atoms with van der Waals surface area (Å²) in [5, 5.41) is 12.1. The van der Waals surface area contributed by atoms with Crippen LogP contribution in [-0.4, -0.2) is 26.6 Å². The van der Waals surface area contributed by atoms with Gasteiger partial charge in [-0.25, -0.2) is 4.39 Å². The van der Waals surface area contributed by atoms with Gasteiger partial charge in [-0.2, -0.15) is 5.26 Å². The van der Waals surface area contributed by atoms with Gasteiger partial charge in [0.05, 0.1) is 17.3 Å². The smallest absolute Gasteiger partial charge is 0.231 e. The maximum Gasteiger partial charge on any atom is 0.231 e. The Kier molecular flexibility index (Phi) is 4.39. The lowest BCUT2D eigenvalue weighted by molar-refractivity contribution is 0.0543. The van der Waals surface area contributed by atoms with E-state index in [0.717, 1.165) is 29.9 Å². The zero-order valence-corrected chi connectivity index (χ0v) is 14.3. The van der Waals surface area contributed by atoms with E-state index in [1.807, 2.05) is 18.2 Å². The maximum atomic E-state index is 14.2. The average Bonchev–Trinajstić information content (AvgIpc) is 3.15. The van der Waals surface area contributed by atoms with Crippen LogP contribution in [0.4, 0.5) is 10.1 Å². The molecule has 6 heteroatoms. The SMILES string of the molecule is N#Cc1ccc(NCC2(c3ccc4c(c3)OCO4)CCOCC2)c(F)c1. The van der Waals surface area contributed by atoms with Crippen molar-refractivity contribution in [2.75, 3.05) is 31.9 Å². The van der Waals surface area contributed by atoms with E-state index in [4.69, 9.17) is 19.5 Å². The van der Waals surface area contributed by atoms with Crippen molar-refractivity contribution < 1.29 is 18.6 Å². The number of nitriles is 1. The van der Waals surface area contributed by atoms with E-state index in [-0.39, 0.29) is 12.2 Å². The molecule has 2 aromatic carbocycles. The average molecular weight is 354 g/mol. The van der Waals surface area contributed by atoms with E-state index in [1.165, 1.54) is 6.07 Å². The van der Waals surface area contributed by atoms with Gasteiger partial charge in [-0.15, -0.1) is 0 Å². The van der Waals surface area contributed by atoms with Crippen LogP contribution in [0.1, 0.15) is 24.0 Å². The van der Waals surface area contributed by atoms with Gasteiger partial charge < -0.3 is 19.5 Å². The molecule has 0 radical (unpaired) electrons. The molecule has 26 heavy (non-hydrogen) atoms. The Morgan fingerprint density at radius 3 is 2.65 bits per heavy atom. The number of halogens is 1. The first-order chi connectivity index (χ1) is 12.7. The van der Waals surface area contributed by atoms with Crippen LogP contribution in [0, 0.1) is 17.1 Å². The van der Waals surface area contributed by atoms with Crippen LogP contribution in [-0.2, 0) is 10.2 Å². The van der Waals surface area contributed by atoms with Crippen molar-refractivity contribution in [2.45, 2.75) is 18.3 Å². The van der Waals surface area contributed by atoms with Crippen molar-refractivity contribution in [3.05, 3.63) is 53.3 Å². The minimum absolute atomic E-state index is 0.181. The summed E-state index contributed by atoms with van der Waals surface area (Å²) in [6.45, 7) is 2.13. The molecule has 5 nitrogen and oxygen atoms in total. The molecule has 4 rings (SSSR count). The molecule has 2 heterocycles. The second-order valence-electron chi connectivity index (χ2n) is 6.62. The number of ether oxygens (including phenoxy) is 3. The number of nitrogens with one attached hydrogen (secondary N) is 1. The fourth-order valence-corrected chi connectivity index (χ4v) is 3.55. The van der Waals surface area contributed by atoms with Crippen molar-refractivity contribution in [3.8, 4) is 17.6 Å². The zero-order valence-electron chi connectivity index (χ0n) is 14.3. The molecule has 2 aromatic rings. The predicted molar refractivity (Wildman–Crippen MR) is 93.9 cm³/mol. The first-order valence-corrected chi connectivity index (χ1v) is 8.62. The molecule has 2 aliphatic rings. The van der Waals surface area contributed by atoms with Crippen LogP contribution in [0.2, 0.25) is 0 Å². The number of hydrogen-bond acceptors (Lipinski definition) is 5. The first-order valence-electron chi connectivity index (χ1n) is 8.62. The number of anilines is 1. The van der Waals surface area contributed by atoms with Crippen LogP contribution < -0.4 is 14.8 Å². The molecule has 1 saturated heterocycles. The highest BCUT2D eigenvalue weighted by atomic mass is 19.1. The molecule has 0 amide bonds. The van der Waals surface area contributed by atoms with Crippen molar-refractivity contribution in [1.82, 2.24) is 0 Å². The van der Waals surface area contributed by atoms with Gasteiger partial charge in [-0.05, 0) is 48.7 Å². The Labute approximate surface area is 151 Å². The summed E-state index contributed by atoms with van der Waals surface area (Å²) in [4.78, 5) is 0. The quantitative estimate of drug-likeness (QED) is 0.909. The van der Waals surface area contributed by atoms with Gasteiger partial charge in [0.15, 0.2) is 11.5 Å². The van der Waals surface area contributed by atoms with Crippen LogP contribution >= 0.6 is 0 Å². The Morgan fingerprint density at radius 2 is 1.88 bits per heavy atom. The number of hydrogen-bond donors (Lipinski definition) is 1. The fourth-order valence-electron chi connectivity index (χ4n) is 3.55. The zero-order chi connectivity index (χ0) is 18.0. The Balaban J connectivity index is 1.60. The predicted octanol–water partition coefficient (Wildman–Crippen LogP) is 3.59. The highest BCUT2D eigenvalue weighted by Gasteiger charge is 2.35. The van der Waals surface area contributed by atoms with E-state index in [2.05, 4.69) is 11.4 Å². The maximum absolute atomic E-state index is 14.2. The largest absolute Gasteiger partial charge is 0.454 e. The minimum atomic E-state index is -0.419. The second-order valence-corrected chi connectivity index (χ2v) is 6.62. The van der Waals surface area contributed by atoms with Gasteiger partial charge in [0.1, 0.15) is 5.82 Å². The molecule has 2 aliphatic heterocycles. The molecule has 0 bridgehead atoms. The van der Waals surface area contributed by atoms with Crippen LogP contribution in [0.5, 0.6) is 11.5 Å². The van der Waals surface area contributed by atoms with Crippen LogP contribution in [0.3, 0.4) is 0 Å². The molecule has 1 N–H and O–H groups in total. The molecule has 0 saturated carbocycles. The van der Waals surface area contributed by atoms with Gasteiger partial charge in [0.2, 0.25) is 6.79 Å². The standard InChI is InChI=1S/C20H19FN2O3/c21-16-9-14(11-22)1-3-17(16)23-12-20(5-7-24-8-6-20)15-2-4-18-19(10-15)26-13-25-18/h1-4,9-10,23H,5-8,12-13H2. The molecule has 0 aliphatic carbocycles. The second kappa shape index (κ2) is 6.85. The van der Waals surface area contributed by atoms with E-state index >= 15 is 0 Å². The third-order valence-electron chi connectivity index (χ3n) is 5.15. The number of benzene rings is 2. The normalized spacial score (nSPS) is 17.5. The highest BCUT2D eigenvalue weighted by molar-refractivity contribution is 5.51. The topological polar surface area (TPSA) is 63.5 Å². The highest BCUT2D eigenvalue weighted by Crippen LogP contribution is 2.41. The molecule has 134 valence electrons. The van der Waals surface area contributed by atoms with Gasteiger partial charge in [-0.1, -0.05) is 6.07 Å². The molecular weight excluding hydrogens is 335 g/mol. The Bertz CT molecular complexity index is 857. The lowest BCUT2D eigenvalue weighted by Crippen LogP contribution is -2.40. The van der Waals surface area contributed by atoms with E-state index in [0.29, 0.717) is 31.0 Å². The van der Waals surface area contributed by atoms with E-state index in [9.17, 15) is 4.39 Å². The molecule has 0 unspecified atom stereocenters. The van der Waals surface area contributed by atoms with Crippen LogP contribution in [0.15, 0.2) is 36.4 Å². The lowest BCUT2D eigenvalue weighted by Gasteiger charge is -2.38. The Morgan fingerprint density at radius 1 is 1.08 bits per heavy atom. The minimum Gasteiger partial charge on any atom is -0.454 e. The number of rotatable bonds is 4. The summed E-state index contributed by atoms with van der Waals surface area (Å²) < 4.78 is 30.7. The summed E-state index contributed by atoms with van der Waals surface area (Å²) in [5.74, 6) is 1.08. The Hall–Kier alpha value is -2.78. The molecule has 0 atom stereocenters. The van der Waals surface area contributed by atoms with Crippen molar-refractivity contribution in [1.29, 1.82) is 5.26 Å². The van der Waals surface area contributed by atoms with Crippen molar-refractivity contribution >= 4 is 5.69 Å². The third-order valence-corrected chi connectivity index (χ3v) is 5.15. The third kappa shape index (κ3) is 3.06. The molecular formula is C20H19FN2O3. The van der Waals surface area contributed by atoms with Gasteiger partial charge in [0.25, 0.3) is 0 Å². The van der Waals surface area contributed by atoms with Gasteiger partial charge in [-0.3, -0.25) is 0 Å². The van der Waals surface area contributed by atoms with Crippen molar-refractivity contribution in [2.24, 2.45) is 0 Å². The van der Waals surface area contributed by atoms with Gasteiger partial charge in [0, 0.05) is 25.2 Å². The lowest BCUT2D eigenvalue weighted by atomic mass is 9.74. The van der Waals surface area contributed by atoms with Gasteiger partial charge >= 0.3 is 0 Å². The summed E-state index contributed by atoms with van der Waals surface area (Å²) in [5.41, 5.74) is 1.66. The monoisotopic (exact) mass is 354 g/mol. The van der Waals surface area contributed by atoms with E-state index < -0.39 is 5.82 Å². The molecule has 1 fully saturated rings. The molecule has 0 spiro atoms. The fraction of sp³-hybridized carbons (Fsp3) is 0.350. The van der Waals surface area contributed by atoms with Crippen LogP contribution in [0.25, 0.3) is 0 Å². The number of nitrogens with zero attached hydrogens (tertiary/aromatic N) is 1. The van der Waals surface area contributed by atoms with Crippen molar-refractivity contribution in [3.63, 3.8) is 0 Å². The molecule has 0 aromatic heterocycles. The summed E-state index contributed by atoms with van der Waals surface area (Å²) in [7, 11) is 0. The summed E-state index contributed by atoms with van der Waals surface area (Å²) in [6, 6.07) is 12.4. The first kappa shape index (κ1) is 16.7. The summed E-state index contributed by atoms with van der Waals surface area (Å²) >= 11 is 0. The van der Waals surface area contributed by atoms with E-state index in [1.54, 1.807) is 12.1 Å². The number of fused-ring (bicyclic) bond motifs is 1. The summed E-state index contributed by atoms with van der Waals surface area (Å²) in [6.07, 6.45) is 1.66.